The Bertz CT molecular complexity index is 403. The molecule has 1 heterocycles. The molecule has 0 radical (unpaired) electrons. The topological polar surface area (TPSA) is 42.4 Å². The van der Waals surface area contributed by atoms with Crippen LogP contribution < -0.4 is 4.90 Å². The molecule has 0 fully saturated rings. The minimum absolute atomic E-state index is 0.448. The standard InChI is InChI=1S/C15H24N2O2/c1-5-14(6-2)17(7-8-19-4)15-12(3)9-13(11-18)10-16-15/h9-11,14H,5-8H2,1-4H3. The van der Waals surface area contributed by atoms with E-state index in [2.05, 4.69) is 23.7 Å². The Kier molecular flexibility index (Phi) is 6.50. The van der Waals surface area contributed by atoms with Crippen LogP contribution in [-0.2, 0) is 4.74 Å². The van der Waals surface area contributed by atoms with Gasteiger partial charge in [-0.3, -0.25) is 4.79 Å². The molecule has 0 aliphatic heterocycles. The van der Waals surface area contributed by atoms with Crippen LogP contribution in [0, 0.1) is 6.92 Å². The lowest BCUT2D eigenvalue weighted by Gasteiger charge is -2.32. The van der Waals surface area contributed by atoms with Crippen LogP contribution in [-0.4, -0.2) is 37.6 Å². The first kappa shape index (κ1) is 15.6. The quantitative estimate of drug-likeness (QED) is 0.677. The molecule has 1 rings (SSSR count). The highest BCUT2D eigenvalue weighted by Gasteiger charge is 2.18. The molecule has 0 atom stereocenters. The van der Waals surface area contributed by atoms with E-state index in [1.54, 1.807) is 13.3 Å². The maximum absolute atomic E-state index is 10.8. The highest BCUT2D eigenvalue weighted by molar-refractivity contribution is 5.75. The van der Waals surface area contributed by atoms with Crippen molar-refractivity contribution in [3.63, 3.8) is 0 Å². The zero-order valence-corrected chi connectivity index (χ0v) is 12.3. The molecule has 106 valence electrons. The molecule has 0 N–H and O–H groups in total. The van der Waals surface area contributed by atoms with Crippen LogP contribution in [0.15, 0.2) is 12.3 Å². The number of hydrogen-bond acceptors (Lipinski definition) is 4. The molecule has 0 aliphatic rings. The third-order valence-electron chi connectivity index (χ3n) is 3.40. The van der Waals surface area contributed by atoms with Gasteiger partial charge in [0, 0.05) is 31.5 Å². The summed E-state index contributed by atoms with van der Waals surface area (Å²) in [6, 6.07) is 2.33. The van der Waals surface area contributed by atoms with Crippen molar-refractivity contribution in [1.29, 1.82) is 0 Å². The van der Waals surface area contributed by atoms with E-state index in [-0.39, 0.29) is 0 Å². The first-order valence-corrected chi connectivity index (χ1v) is 6.85. The summed E-state index contributed by atoms with van der Waals surface area (Å²) in [5.41, 5.74) is 1.66. The highest BCUT2D eigenvalue weighted by Crippen LogP contribution is 2.22. The molecule has 0 amide bonds. The third kappa shape index (κ3) is 4.03. The van der Waals surface area contributed by atoms with Crippen molar-refractivity contribution in [3.05, 3.63) is 23.4 Å². The lowest BCUT2D eigenvalue weighted by Crippen LogP contribution is -2.38. The summed E-state index contributed by atoms with van der Waals surface area (Å²) >= 11 is 0. The Morgan fingerprint density at radius 1 is 1.42 bits per heavy atom. The van der Waals surface area contributed by atoms with Crippen LogP contribution in [0.5, 0.6) is 0 Å². The van der Waals surface area contributed by atoms with E-state index < -0.39 is 0 Å². The zero-order chi connectivity index (χ0) is 14.3. The second-order valence-corrected chi connectivity index (χ2v) is 4.68. The number of aldehydes is 1. The fourth-order valence-corrected chi connectivity index (χ4v) is 2.33. The zero-order valence-electron chi connectivity index (χ0n) is 12.3. The summed E-state index contributed by atoms with van der Waals surface area (Å²) in [5, 5.41) is 0. The molecule has 1 aromatic heterocycles. The van der Waals surface area contributed by atoms with Gasteiger partial charge in [0.25, 0.3) is 0 Å². The maximum Gasteiger partial charge on any atom is 0.151 e. The van der Waals surface area contributed by atoms with Crippen molar-refractivity contribution < 1.29 is 9.53 Å². The Morgan fingerprint density at radius 3 is 2.58 bits per heavy atom. The predicted octanol–water partition coefficient (Wildman–Crippen LogP) is 2.84. The molecule has 1 aromatic rings. The Hall–Kier alpha value is -1.42. The van der Waals surface area contributed by atoms with Crippen molar-refractivity contribution >= 4 is 12.1 Å². The molecule has 0 bridgehead atoms. The van der Waals surface area contributed by atoms with Gasteiger partial charge in [-0.1, -0.05) is 13.8 Å². The van der Waals surface area contributed by atoms with Crippen LogP contribution >= 0.6 is 0 Å². The van der Waals surface area contributed by atoms with Gasteiger partial charge in [-0.15, -0.1) is 0 Å². The van der Waals surface area contributed by atoms with Gasteiger partial charge in [0.1, 0.15) is 5.82 Å². The van der Waals surface area contributed by atoms with Gasteiger partial charge in [0.05, 0.1) is 6.61 Å². The van der Waals surface area contributed by atoms with Crippen molar-refractivity contribution in [2.24, 2.45) is 0 Å². The summed E-state index contributed by atoms with van der Waals surface area (Å²) in [5.74, 6) is 0.955. The fraction of sp³-hybridized carbons (Fsp3) is 0.600. The van der Waals surface area contributed by atoms with Gasteiger partial charge in [-0.2, -0.15) is 0 Å². The van der Waals surface area contributed by atoms with Crippen molar-refractivity contribution in [2.75, 3.05) is 25.2 Å². The molecule has 0 saturated heterocycles. The van der Waals surface area contributed by atoms with Crippen LogP contribution in [0.3, 0.4) is 0 Å². The van der Waals surface area contributed by atoms with Crippen LogP contribution in [0.1, 0.15) is 42.6 Å². The van der Waals surface area contributed by atoms with Gasteiger partial charge in [-0.05, 0) is 31.4 Å². The number of aryl methyl sites for hydroxylation is 1. The van der Waals surface area contributed by atoms with E-state index in [0.29, 0.717) is 18.2 Å². The lowest BCUT2D eigenvalue weighted by atomic mass is 10.1. The molecule has 4 heteroatoms. The summed E-state index contributed by atoms with van der Waals surface area (Å²) in [6.07, 6.45) is 4.60. The minimum Gasteiger partial charge on any atom is -0.383 e. The van der Waals surface area contributed by atoms with E-state index >= 15 is 0 Å². The number of anilines is 1. The van der Waals surface area contributed by atoms with Gasteiger partial charge in [0.15, 0.2) is 6.29 Å². The molecule has 0 saturated carbocycles. The summed E-state index contributed by atoms with van der Waals surface area (Å²) < 4.78 is 5.19. The van der Waals surface area contributed by atoms with E-state index in [4.69, 9.17) is 4.74 Å². The van der Waals surface area contributed by atoms with E-state index in [1.165, 1.54) is 0 Å². The number of carbonyl (C=O) groups excluding carboxylic acids is 1. The van der Waals surface area contributed by atoms with E-state index in [1.807, 2.05) is 13.0 Å². The smallest absolute Gasteiger partial charge is 0.151 e. The van der Waals surface area contributed by atoms with Crippen LogP contribution in [0.25, 0.3) is 0 Å². The summed E-state index contributed by atoms with van der Waals surface area (Å²) in [4.78, 5) is 17.5. The first-order chi connectivity index (χ1) is 9.17. The molecule has 0 spiro atoms. The molecule has 0 unspecified atom stereocenters. The number of methoxy groups -OCH3 is 1. The number of ether oxygens (including phenoxy) is 1. The number of hydrogen-bond donors (Lipinski definition) is 0. The Morgan fingerprint density at radius 2 is 2.11 bits per heavy atom. The number of nitrogens with zero attached hydrogens (tertiary/aromatic N) is 2. The maximum atomic E-state index is 10.8. The predicted molar refractivity (Wildman–Crippen MR) is 78.0 cm³/mol. The van der Waals surface area contributed by atoms with Crippen molar-refractivity contribution in [2.45, 2.75) is 39.7 Å². The van der Waals surface area contributed by atoms with Gasteiger partial charge >= 0.3 is 0 Å². The van der Waals surface area contributed by atoms with Gasteiger partial charge in [-0.25, -0.2) is 4.98 Å². The number of rotatable bonds is 8. The number of carbonyl (C=O) groups is 1. The molecule has 0 aliphatic carbocycles. The van der Waals surface area contributed by atoms with Gasteiger partial charge < -0.3 is 9.64 Å². The number of aromatic nitrogens is 1. The Labute approximate surface area is 115 Å². The largest absolute Gasteiger partial charge is 0.383 e. The summed E-state index contributed by atoms with van der Waals surface area (Å²) in [7, 11) is 1.71. The molecular weight excluding hydrogens is 240 g/mol. The molecule has 19 heavy (non-hydrogen) atoms. The van der Waals surface area contributed by atoms with E-state index in [0.717, 1.165) is 37.1 Å². The monoisotopic (exact) mass is 264 g/mol. The average Bonchev–Trinajstić information content (AvgIpc) is 2.44. The van der Waals surface area contributed by atoms with Gasteiger partial charge in [0.2, 0.25) is 0 Å². The first-order valence-electron chi connectivity index (χ1n) is 6.85. The van der Waals surface area contributed by atoms with Crippen LogP contribution in [0.2, 0.25) is 0 Å². The lowest BCUT2D eigenvalue weighted by molar-refractivity contribution is 0.112. The average molecular weight is 264 g/mol. The SMILES string of the molecule is CCC(CC)N(CCOC)c1ncc(C=O)cc1C. The summed E-state index contributed by atoms with van der Waals surface area (Å²) in [6.45, 7) is 7.86. The Balaban J connectivity index is 3.05. The third-order valence-corrected chi connectivity index (χ3v) is 3.40. The fourth-order valence-electron chi connectivity index (χ4n) is 2.33. The number of pyridine rings is 1. The normalized spacial score (nSPS) is 10.8. The molecule has 0 aromatic carbocycles. The van der Waals surface area contributed by atoms with Crippen LogP contribution in [0.4, 0.5) is 5.82 Å². The molecular formula is C15H24N2O2. The van der Waals surface area contributed by atoms with Crippen molar-refractivity contribution in [3.8, 4) is 0 Å². The second kappa shape index (κ2) is 7.89. The second-order valence-electron chi connectivity index (χ2n) is 4.68. The highest BCUT2D eigenvalue weighted by atomic mass is 16.5. The molecule has 4 nitrogen and oxygen atoms in total. The minimum atomic E-state index is 0.448. The van der Waals surface area contributed by atoms with E-state index in [9.17, 15) is 4.79 Å². The van der Waals surface area contributed by atoms with Crippen molar-refractivity contribution in [1.82, 2.24) is 4.98 Å².